The zero-order valence-corrected chi connectivity index (χ0v) is 21.1. The highest BCUT2D eigenvalue weighted by Gasteiger charge is 2.24. The van der Waals surface area contributed by atoms with Crippen LogP contribution in [0.5, 0.6) is 17.2 Å². The minimum atomic E-state index is -0.192. The van der Waals surface area contributed by atoms with E-state index in [1.54, 1.807) is 23.1 Å². The van der Waals surface area contributed by atoms with Gasteiger partial charge in [0.05, 0.1) is 31.5 Å². The number of anilines is 1. The molecule has 3 aromatic rings. The summed E-state index contributed by atoms with van der Waals surface area (Å²) in [6.07, 6.45) is 0.792. The molecule has 0 bridgehead atoms. The Morgan fingerprint density at radius 2 is 1.69 bits per heavy atom. The third-order valence-electron chi connectivity index (χ3n) is 4.71. The monoisotopic (exact) mass is 499 g/mol. The van der Waals surface area contributed by atoms with Crippen molar-refractivity contribution in [2.24, 2.45) is 0 Å². The van der Waals surface area contributed by atoms with Gasteiger partial charge in [-0.25, -0.2) is 4.98 Å². The molecule has 10 heteroatoms. The number of rotatable bonds is 9. The van der Waals surface area contributed by atoms with E-state index in [1.165, 1.54) is 32.7 Å². The molecule has 0 atom stereocenters. The molecule has 174 valence electrons. The van der Waals surface area contributed by atoms with Crippen molar-refractivity contribution in [2.75, 3.05) is 53.4 Å². The maximum Gasteiger partial charge on any atom is 0.260 e. The van der Waals surface area contributed by atoms with Gasteiger partial charge < -0.3 is 19.1 Å². The molecule has 32 heavy (non-hydrogen) atoms. The summed E-state index contributed by atoms with van der Waals surface area (Å²) in [5.41, 5.74) is 1.23. The van der Waals surface area contributed by atoms with Crippen LogP contribution in [0, 0.1) is 0 Å². The van der Waals surface area contributed by atoms with Gasteiger partial charge in [0.25, 0.3) is 5.91 Å². The van der Waals surface area contributed by atoms with Crippen LogP contribution in [0.3, 0.4) is 0 Å². The second-order valence-electron chi connectivity index (χ2n) is 7.14. The van der Waals surface area contributed by atoms with E-state index in [0.29, 0.717) is 39.5 Å². The summed E-state index contributed by atoms with van der Waals surface area (Å²) in [6.45, 7) is 1.36. The van der Waals surface area contributed by atoms with Gasteiger partial charge in [0.15, 0.2) is 16.6 Å². The number of amides is 1. The summed E-state index contributed by atoms with van der Waals surface area (Å²) in [5.74, 6) is 1.10. The number of aromatic nitrogens is 1. The number of benzene rings is 2. The van der Waals surface area contributed by atoms with E-state index < -0.39 is 0 Å². The number of hydrogen-bond acceptors (Lipinski definition) is 7. The third-order valence-corrected chi connectivity index (χ3v) is 5.99. The Kier molecular flexibility index (Phi) is 9.39. The molecule has 2 aromatic carbocycles. The Bertz CT molecular complexity index is 1050. The van der Waals surface area contributed by atoms with Crippen LogP contribution in [0.15, 0.2) is 30.3 Å². The van der Waals surface area contributed by atoms with Crippen molar-refractivity contribution in [1.29, 1.82) is 0 Å². The Morgan fingerprint density at radius 1 is 1.03 bits per heavy atom. The topological polar surface area (TPSA) is 64.1 Å². The lowest BCUT2D eigenvalue weighted by Crippen LogP contribution is -2.33. The smallest absolute Gasteiger partial charge is 0.260 e. The van der Waals surface area contributed by atoms with E-state index >= 15 is 0 Å². The van der Waals surface area contributed by atoms with Crippen LogP contribution in [0.25, 0.3) is 10.2 Å². The molecular weight excluding hydrogens is 473 g/mol. The number of carbonyl (C=O) groups excluding carboxylic acids is 1. The quantitative estimate of drug-likeness (QED) is 0.412. The van der Waals surface area contributed by atoms with Crippen molar-refractivity contribution in [3.8, 4) is 17.2 Å². The summed E-state index contributed by atoms with van der Waals surface area (Å²) in [6, 6.07) is 8.84. The van der Waals surface area contributed by atoms with Crippen LogP contribution in [0.1, 0.15) is 16.8 Å². The first-order valence-electron chi connectivity index (χ1n) is 9.70. The molecule has 0 spiro atoms. The van der Waals surface area contributed by atoms with Gasteiger partial charge in [0, 0.05) is 17.1 Å². The van der Waals surface area contributed by atoms with Gasteiger partial charge in [-0.2, -0.15) is 0 Å². The molecule has 3 rings (SSSR count). The van der Waals surface area contributed by atoms with Crippen molar-refractivity contribution in [1.82, 2.24) is 9.88 Å². The zero-order valence-electron chi connectivity index (χ0n) is 18.7. The lowest BCUT2D eigenvalue weighted by molar-refractivity contribution is 0.0985. The fraction of sp³-hybridized carbons (Fsp3) is 0.364. The van der Waals surface area contributed by atoms with Crippen LogP contribution in [-0.2, 0) is 0 Å². The van der Waals surface area contributed by atoms with E-state index in [1.807, 2.05) is 26.2 Å². The summed E-state index contributed by atoms with van der Waals surface area (Å²) < 4.78 is 17.1. The fourth-order valence-electron chi connectivity index (χ4n) is 3.19. The number of fused-ring (bicyclic) bond motifs is 1. The van der Waals surface area contributed by atoms with Crippen LogP contribution in [0.2, 0.25) is 5.02 Å². The Morgan fingerprint density at radius 3 is 2.25 bits per heavy atom. The van der Waals surface area contributed by atoms with Gasteiger partial charge in [-0.15, -0.1) is 12.4 Å². The minimum Gasteiger partial charge on any atom is -0.493 e. The molecule has 0 aliphatic heterocycles. The normalized spacial score (nSPS) is 10.7. The maximum atomic E-state index is 13.6. The number of carbonyl (C=O) groups is 1. The average Bonchev–Trinajstić information content (AvgIpc) is 3.17. The highest BCUT2D eigenvalue weighted by molar-refractivity contribution is 7.22. The second kappa shape index (κ2) is 11.6. The lowest BCUT2D eigenvalue weighted by Gasteiger charge is -2.22. The van der Waals surface area contributed by atoms with Crippen molar-refractivity contribution >= 4 is 56.6 Å². The van der Waals surface area contributed by atoms with Gasteiger partial charge >= 0.3 is 0 Å². The average molecular weight is 500 g/mol. The van der Waals surface area contributed by atoms with Gasteiger partial charge in [-0.1, -0.05) is 22.9 Å². The van der Waals surface area contributed by atoms with Crippen LogP contribution >= 0.6 is 35.3 Å². The molecule has 1 aromatic heterocycles. The van der Waals surface area contributed by atoms with Gasteiger partial charge in [0.2, 0.25) is 5.75 Å². The van der Waals surface area contributed by atoms with Crippen LogP contribution in [0.4, 0.5) is 5.13 Å². The number of methoxy groups -OCH3 is 3. The van der Waals surface area contributed by atoms with Gasteiger partial charge in [0.1, 0.15) is 0 Å². The first kappa shape index (κ1) is 26.0. The highest BCUT2D eigenvalue weighted by Crippen LogP contribution is 2.39. The molecule has 0 radical (unpaired) electrons. The summed E-state index contributed by atoms with van der Waals surface area (Å²) in [7, 11) is 8.59. The standard InChI is InChI=1S/C22H26ClN3O4S.ClH/c1-25(2)9-6-10-26(22-24-16-8-7-15(23)13-19(16)31-22)21(27)14-11-17(28-3)20(30-5)18(12-14)29-4;/h7-8,11-13H,6,9-10H2,1-5H3;1H. The summed E-state index contributed by atoms with van der Waals surface area (Å²) >= 11 is 7.57. The molecule has 0 saturated carbocycles. The Hall–Kier alpha value is -2.26. The molecule has 0 fully saturated rings. The molecule has 0 aliphatic carbocycles. The highest BCUT2D eigenvalue weighted by atomic mass is 35.5. The van der Waals surface area contributed by atoms with Gasteiger partial charge in [-0.05, 0) is 57.4 Å². The van der Waals surface area contributed by atoms with Crippen molar-refractivity contribution < 1.29 is 19.0 Å². The van der Waals surface area contributed by atoms with Crippen molar-refractivity contribution in [3.05, 3.63) is 40.9 Å². The zero-order chi connectivity index (χ0) is 22.5. The largest absolute Gasteiger partial charge is 0.493 e. The van der Waals surface area contributed by atoms with Crippen LogP contribution < -0.4 is 19.1 Å². The number of ether oxygens (including phenoxy) is 3. The number of thiazole rings is 1. The van der Waals surface area contributed by atoms with Crippen molar-refractivity contribution in [2.45, 2.75) is 6.42 Å². The molecular formula is C22H27Cl2N3O4S. The SMILES string of the molecule is COc1cc(C(=O)N(CCCN(C)C)c2nc3ccc(Cl)cc3s2)cc(OC)c1OC.Cl. The fourth-order valence-corrected chi connectivity index (χ4v) is 4.46. The predicted molar refractivity (Wildman–Crippen MR) is 133 cm³/mol. The van der Waals surface area contributed by atoms with E-state index in [4.69, 9.17) is 25.8 Å². The van der Waals surface area contributed by atoms with Gasteiger partial charge in [-0.3, -0.25) is 9.69 Å². The molecule has 0 unspecified atom stereocenters. The predicted octanol–water partition coefficient (Wildman–Crippen LogP) is 5.00. The number of halogens is 2. The summed E-state index contributed by atoms with van der Waals surface area (Å²) in [5, 5.41) is 1.26. The molecule has 7 nitrogen and oxygen atoms in total. The number of hydrogen-bond donors (Lipinski definition) is 0. The minimum absolute atomic E-state index is 0. The third kappa shape index (κ3) is 5.75. The molecule has 0 saturated heterocycles. The maximum absolute atomic E-state index is 13.6. The Balaban J connectivity index is 0.00000363. The molecule has 1 heterocycles. The van der Waals surface area contributed by atoms with E-state index in [-0.39, 0.29) is 18.3 Å². The second-order valence-corrected chi connectivity index (χ2v) is 8.58. The number of nitrogens with zero attached hydrogens (tertiary/aromatic N) is 3. The van der Waals surface area contributed by atoms with Crippen molar-refractivity contribution in [3.63, 3.8) is 0 Å². The van der Waals surface area contributed by atoms with E-state index in [9.17, 15) is 4.79 Å². The first-order valence-corrected chi connectivity index (χ1v) is 10.9. The molecule has 0 aliphatic rings. The molecule has 0 N–H and O–H groups in total. The lowest BCUT2D eigenvalue weighted by atomic mass is 10.1. The van der Waals surface area contributed by atoms with E-state index in [2.05, 4.69) is 9.88 Å². The Labute approximate surface area is 203 Å². The van der Waals surface area contributed by atoms with Crippen LogP contribution in [-0.4, -0.2) is 64.3 Å². The first-order chi connectivity index (χ1) is 14.9. The van der Waals surface area contributed by atoms with E-state index in [0.717, 1.165) is 23.2 Å². The summed E-state index contributed by atoms with van der Waals surface area (Å²) in [4.78, 5) is 22.1. The molecule has 1 amide bonds.